The molecule has 1 saturated carbocycles. The number of ether oxygens (including phenoxy) is 1. The summed E-state index contributed by atoms with van der Waals surface area (Å²) in [7, 11) is 1.40. The van der Waals surface area contributed by atoms with Crippen molar-refractivity contribution < 1.29 is 9.53 Å². The van der Waals surface area contributed by atoms with Crippen molar-refractivity contribution in [2.45, 2.75) is 6.42 Å². The van der Waals surface area contributed by atoms with Gasteiger partial charge < -0.3 is 9.72 Å². The second-order valence-corrected chi connectivity index (χ2v) is 3.94. The molecule has 0 amide bonds. The van der Waals surface area contributed by atoms with Gasteiger partial charge >= 0.3 is 5.97 Å². The van der Waals surface area contributed by atoms with Crippen LogP contribution < -0.4 is 10.6 Å². The lowest BCUT2D eigenvalue weighted by molar-refractivity contribution is 0.0594. The van der Waals surface area contributed by atoms with Crippen molar-refractivity contribution in [2.75, 3.05) is 7.11 Å². The van der Waals surface area contributed by atoms with E-state index in [9.17, 15) is 4.79 Å². The Morgan fingerprint density at radius 3 is 3.07 bits per heavy atom. The van der Waals surface area contributed by atoms with Gasteiger partial charge in [0.25, 0.3) is 0 Å². The van der Waals surface area contributed by atoms with E-state index >= 15 is 0 Å². The average Bonchev–Trinajstić information content (AvgIpc) is 2.81. The van der Waals surface area contributed by atoms with Crippen LogP contribution in [0.15, 0.2) is 6.07 Å². The van der Waals surface area contributed by atoms with Crippen LogP contribution in [0.25, 0.3) is 12.2 Å². The van der Waals surface area contributed by atoms with Crippen LogP contribution in [0, 0.1) is 11.8 Å². The molecule has 1 N–H and O–H groups in total. The molecule has 2 unspecified atom stereocenters. The first-order chi connectivity index (χ1) is 6.78. The highest BCUT2D eigenvalue weighted by atomic mass is 16.5. The summed E-state index contributed by atoms with van der Waals surface area (Å²) < 4.78 is 4.65. The fraction of sp³-hybridized carbons (Fsp3) is 0.364. The van der Waals surface area contributed by atoms with Gasteiger partial charge in [-0.15, -0.1) is 0 Å². The highest BCUT2D eigenvalue weighted by molar-refractivity contribution is 5.87. The molecule has 0 saturated heterocycles. The van der Waals surface area contributed by atoms with Crippen molar-refractivity contribution >= 4 is 18.1 Å². The summed E-state index contributed by atoms with van der Waals surface area (Å²) in [4.78, 5) is 14.3. The Bertz CT molecular complexity index is 474. The third-order valence-corrected chi connectivity index (χ3v) is 2.95. The van der Waals surface area contributed by atoms with Crippen molar-refractivity contribution in [2.24, 2.45) is 11.8 Å². The van der Waals surface area contributed by atoms with Crippen molar-refractivity contribution in [1.29, 1.82) is 0 Å². The lowest BCUT2D eigenvalue weighted by Gasteiger charge is -1.92. The number of H-pyrrole nitrogens is 1. The molecule has 2 atom stereocenters. The predicted octanol–water partition coefficient (Wildman–Crippen LogP) is 0.0120. The Hall–Kier alpha value is -1.51. The van der Waals surface area contributed by atoms with Crippen molar-refractivity contribution in [1.82, 2.24) is 4.98 Å². The van der Waals surface area contributed by atoms with Crippen LogP contribution in [0.4, 0.5) is 0 Å². The molecule has 3 nitrogen and oxygen atoms in total. The summed E-state index contributed by atoms with van der Waals surface area (Å²) in [5.41, 5.74) is 0.548. The van der Waals surface area contributed by atoms with E-state index in [2.05, 4.69) is 21.9 Å². The Labute approximate surface area is 81.1 Å². The maximum Gasteiger partial charge on any atom is 0.354 e. The maximum absolute atomic E-state index is 11.2. The zero-order chi connectivity index (χ0) is 9.71. The van der Waals surface area contributed by atoms with E-state index in [4.69, 9.17) is 0 Å². The Balaban J connectivity index is 2.14. The minimum absolute atomic E-state index is 0.296. The zero-order valence-electron chi connectivity index (χ0n) is 7.91. The molecule has 0 bridgehead atoms. The third-order valence-electron chi connectivity index (χ3n) is 2.95. The van der Waals surface area contributed by atoms with Crippen molar-refractivity contribution in [3.05, 3.63) is 22.3 Å². The summed E-state index contributed by atoms with van der Waals surface area (Å²) in [6, 6.07) is 1.87. The third kappa shape index (κ3) is 1.02. The monoisotopic (exact) mass is 189 g/mol. The minimum Gasteiger partial charge on any atom is -0.464 e. The molecule has 2 aliphatic rings. The summed E-state index contributed by atoms with van der Waals surface area (Å²) in [6.45, 7) is 0. The van der Waals surface area contributed by atoms with Gasteiger partial charge in [-0.3, -0.25) is 0 Å². The first-order valence-electron chi connectivity index (χ1n) is 4.79. The van der Waals surface area contributed by atoms with Crippen LogP contribution in [0.3, 0.4) is 0 Å². The van der Waals surface area contributed by atoms with Gasteiger partial charge in [-0.2, -0.15) is 0 Å². The summed E-state index contributed by atoms with van der Waals surface area (Å²) in [6.07, 6.45) is 5.71. The smallest absolute Gasteiger partial charge is 0.354 e. The largest absolute Gasteiger partial charge is 0.464 e. The number of carbonyl (C=O) groups excluding carboxylic acids is 1. The number of hydrogen-bond acceptors (Lipinski definition) is 2. The molecule has 72 valence electrons. The van der Waals surface area contributed by atoms with Crippen LogP contribution in [0.5, 0.6) is 0 Å². The molecule has 3 rings (SSSR count). The summed E-state index contributed by atoms with van der Waals surface area (Å²) in [5.74, 6) is 1.12. The lowest BCUT2D eigenvalue weighted by atomic mass is 10.2. The first kappa shape index (κ1) is 7.85. The SMILES string of the molecule is COC(=O)c1cc2c([nH]1)=CC1CC1C=2. The normalized spacial score (nSPS) is 26.6. The van der Waals surface area contributed by atoms with E-state index in [1.807, 2.05) is 6.07 Å². The van der Waals surface area contributed by atoms with Gasteiger partial charge in [0, 0.05) is 5.35 Å². The molecule has 0 radical (unpaired) electrons. The molecule has 2 aliphatic carbocycles. The molecule has 1 fully saturated rings. The number of rotatable bonds is 1. The number of methoxy groups -OCH3 is 1. The van der Waals surface area contributed by atoms with E-state index < -0.39 is 0 Å². The molecular weight excluding hydrogens is 178 g/mol. The van der Waals surface area contributed by atoms with Crippen molar-refractivity contribution in [3.63, 3.8) is 0 Å². The number of aromatic nitrogens is 1. The van der Waals surface area contributed by atoms with Gasteiger partial charge in [-0.1, -0.05) is 12.2 Å². The van der Waals surface area contributed by atoms with Crippen LogP contribution in [-0.4, -0.2) is 18.1 Å². The molecule has 0 spiro atoms. The summed E-state index contributed by atoms with van der Waals surface area (Å²) in [5, 5.41) is 2.22. The average molecular weight is 189 g/mol. The number of aromatic amines is 1. The standard InChI is InChI=1S/C11H11NO2/c1-14-11(13)10-5-8-3-6-2-7(6)4-9(8)12-10/h3-7,12H,2H2,1H3. The number of esters is 1. The fourth-order valence-corrected chi connectivity index (χ4v) is 2.05. The Kier molecular flexibility index (Phi) is 1.40. The molecular formula is C11H11NO2. The van der Waals surface area contributed by atoms with E-state index in [-0.39, 0.29) is 5.97 Å². The van der Waals surface area contributed by atoms with Crippen LogP contribution in [0.2, 0.25) is 0 Å². The second-order valence-electron chi connectivity index (χ2n) is 3.94. The van der Waals surface area contributed by atoms with Crippen LogP contribution in [0.1, 0.15) is 16.9 Å². The minimum atomic E-state index is -0.296. The van der Waals surface area contributed by atoms with Crippen LogP contribution in [-0.2, 0) is 4.74 Å². The first-order valence-corrected chi connectivity index (χ1v) is 4.79. The molecule has 14 heavy (non-hydrogen) atoms. The predicted molar refractivity (Wildman–Crippen MR) is 51.9 cm³/mol. The Morgan fingerprint density at radius 1 is 1.50 bits per heavy atom. The number of hydrogen-bond donors (Lipinski definition) is 1. The van der Waals surface area contributed by atoms with Gasteiger partial charge in [-0.05, 0) is 29.5 Å². The lowest BCUT2D eigenvalue weighted by Crippen LogP contribution is -2.24. The molecule has 0 aromatic carbocycles. The molecule has 1 aromatic rings. The van der Waals surface area contributed by atoms with E-state index in [1.54, 1.807) is 0 Å². The fourth-order valence-electron chi connectivity index (χ4n) is 2.05. The Morgan fingerprint density at radius 2 is 2.29 bits per heavy atom. The second kappa shape index (κ2) is 2.50. The molecule has 0 aliphatic heterocycles. The van der Waals surface area contributed by atoms with E-state index in [1.165, 1.54) is 13.5 Å². The van der Waals surface area contributed by atoms with Gasteiger partial charge in [0.2, 0.25) is 0 Å². The number of fused-ring (bicyclic) bond motifs is 2. The van der Waals surface area contributed by atoms with Gasteiger partial charge in [0.15, 0.2) is 0 Å². The van der Waals surface area contributed by atoms with E-state index in [0.29, 0.717) is 17.5 Å². The van der Waals surface area contributed by atoms with Gasteiger partial charge in [0.1, 0.15) is 5.69 Å². The molecule has 1 aromatic heterocycles. The quantitative estimate of drug-likeness (QED) is 0.632. The van der Waals surface area contributed by atoms with Gasteiger partial charge in [-0.25, -0.2) is 4.79 Å². The molecule has 3 heteroatoms. The van der Waals surface area contributed by atoms with Gasteiger partial charge in [0.05, 0.1) is 7.11 Å². The highest BCUT2D eigenvalue weighted by Crippen LogP contribution is 2.41. The van der Waals surface area contributed by atoms with Crippen LogP contribution >= 0.6 is 0 Å². The maximum atomic E-state index is 11.2. The molecule has 1 heterocycles. The summed E-state index contributed by atoms with van der Waals surface area (Å²) >= 11 is 0. The number of nitrogens with one attached hydrogen (secondary N) is 1. The van der Waals surface area contributed by atoms with E-state index in [0.717, 1.165) is 10.6 Å². The zero-order valence-corrected chi connectivity index (χ0v) is 7.91. The highest BCUT2D eigenvalue weighted by Gasteiger charge is 2.34. The topological polar surface area (TPSA) is 42.1 Å². The number of carbonyl (C=O) groups is 1. The van der Waals surface area contributed by atoms with Crippen molar-refractivity contribution in [3.8, 4) is 0 Å².